The van der Waals surface area contributed by atoms with E-state index in [2.05, 4.69) is 20.8 Å². The first-order chi connectivity index (χ1) is 8.31. The maximum atomic E-state index is 6.09. The Bertz CT molecular complexity index is 182. The van der Waals surface area contributed by atoms with Crippen molar-refractivity contribution in [2.75, 3.05) is 6.61 Å². The van der Waals surface area contributed by atoms with Gasteiger partial charge in [0.2, 0.25) is 0 Å². The first kappa shape index (κ1) is 15.0. The molecule has 17 heavy (non-hydrogen) atoms. The molecule has 0 amide bonds. The van der Waals surface area contributed by atoms with Crippen LogP contribution < -0.4 is 0 Å². The molecule has 0 aromatic rings. The highest BCUT2D eigenvalue weighted by molar-refractivity contribution is 4.73. The fourth-order valence-electron chi connectivity index (χ4n) is 2.54. The van der Waals surface area contributed by atoms with Crippen molar-refractivity contribution in [3.8, 4) is 0 Å². The van der Waals surface area contributed by atoms with E-state index in [0.29, 0.717) is 12.0 Å². The smallest absolute Gasteiger partial charge is 0.157 e. The highest BCUT2D eigenvalue weighted by Crippen LogP contribution is 2.27. The Balaban J connectivity index is 2.24. The molecular formula is C15H30O2. The van der Waals surface area contributed by atoms with Crippen LogP contribution in [-0.2, 0) is 9.47 Å². The molecule has 0 N–H and O–H groups in total. The van der Waals surface area contributed by atoms with Gasteiger partial charge in [0, 0.05) is 5.92 Å². The predicted octanol–water partition coefficient (Wildman–Crippen LogP) is 4.52. The monoisotopic (exact) mass is 242 g/mol. The summed E-state index contributed by atoms with van der Waals surface area (Å²) in [6, 6.07) is 0. The van der Waals surface area contributed by atoms with Gasteiger partial charge in [0.05, 0.1) is 12.7 Å². The minimum atomic E-state index is 0.0752. The molecule has 2 heteroatoms. The van der Waals surface area contributed by atoms with Crippen molar-refractivity contribution in [2.24, 2.45) is 5.92 Å². The average molecular weight is 242 g/mol. The topological polar surface area (TPSA) is 18.5 Å². The van der Waals surface area contributed by atoms with Crippen LogP contribution in [0.3, 0.4) is 0 Å². The summed E-state index contributed by atoms with van der Waals surface area (Å²) in [5.74, 6) is 0.613. The minimum Gasteiger partial charge on any atom is -0.352 e. The van der Waals surface area contributed by atoms with Crippen molar-refractivity contribution in [2.45, 2.75) is 84.5 Å². The van der Waals surface area contributed by atoms with E-state index >= 15 is 0 Å². The Hall–Kier alpha value is -0.0800. The normalized spacial score (nSPS) is 29.5. The predicted molar refractivity (Wildman–Crippen MR) is 72.1 cm³/mol. The fraction of sp³-hybridized carbons (Fsp3) is 1.00. The molecular weight excluding hydrogens is 212 g/mol. The van der Waals surface area contributed by atoms with Gasteiger partial charge in [0.25, 0.3) is 0 Å². The van der Waals surface area contributed by atoms with Crippen molar-refractivity contribution in [3.05, 3.63) is 0 Å². The highest BCUT2D eigenvalue weighted by atomic mass is 16.7. The van der Waals surface area contributed by atoms with E-state index in [1.54, 1.807) is 0 Å². The third-order valence-electron chi connectivity index (χ3n) is 3.74. The molecule has 0 radical (unpaired) electrons. The molecule has 1 fully saturated rings. The summed E-state index contributed by atoms with van der Waals surface area (Å²) >= 11 is 0. The Morgan fingerprint density at radius 1 is 0.941 bits per heavy atom. The van der Waals surface area contributed by atoms with E-state index in [4.69, 9.17) is 9.47 Å². The van der Waals surface area contributed by atoms with Gasteiger partial charge in [-0.1, -0.05) is 46.5 Å². The molecule has 1 rings (SSSR count). The van der Waals surface area contributed by atoms with Gasteiger partial charge >= 0.3 is 0 Å². The molecule has 0 bridgehead atoms. The third kappa shape index (κ3) is 5.39. The number of rotatable bonds is 8. The summed E-state index contributed by atoms with van der Waals surface area (Å²) in [5, 5.41) is 0. The van der Waals surface area contributed by atoms with Gasteiger partial charge < -0.3 is 9.47 Å². The summed E-state index contributed by atoms with van der Waals surface area (Å²) in [7, 11) is 0. The van der Waals surface area contributed by atoms with Gasteiger partial charge in [-0.2, -0.15) is 0 Å². The van der Waals surface area contributed by atoms with Gasteiger partial charge in [-0.15, -0.1) is 0 Å². The van der Waals surface area contributed by atoms with Crippen LogP contribution in [0.1, 0.15) is 72.1 Å². The highest BCUT2D eigenvalue weighted by Gasteiger charge is 2.29. The first-order valence-corrected chi connectivity index (χ1v) is 7.58. The quantitative estimate of drug-likeness (QED) is 0.582. The lowest BCUT2D eigenvalue weighted by molar-refractivity contribution is -0.240. The Labute approximate surface area is 107 Å². The molecule has 0 saturated carbocycles. The maximum absolute atomic E-state index is 6.09. The molecule has 1 aliphatic heterocycles. The number of unbranched alkanes of at least 4 members (excludes halogenated alkanes) is 3. The lowest BCUT2D eigenvalue weighted by Crippen LogP contribution is -2.39. The van der Waals surface area contributed by atoms with Crippen LogP contribution >= 0.6 is 0 Å². The second-order valence-electron chi connectivity index (χ2n) is 5.24. The Morgan fingerprint density at radius 2 is 1.76 bits per heavy atom. The molecule has 102 valence electrons. The summed E-state index contributed by atoms with van der Waals surface area (Å²) in [6.45, 7) is 7.62. The Morgan fingerprint density at radius 3 is 2.41 bits per heavy atom. The van der Waals surface area contributed by atoms with Crippen LogP contribution in [0, 0.1) is 5.92 Å². The van der Waals surface area contributed by atoms with Crippen LogP contribution in [0.5, 0.6) is 0 Å². The molecule has 0 aromatic carbocycles. The van der Waals surface area contributed by atoms with E-state index < -0.39 is 0 Å². The molecule has 3 atom stereocenters. The van der Waals surface area contributed by atoms with Crippen LogP contribution in [0.15, 0.2) is 0 Å². The largest absolute Gasteiger partial charge is 0.352 e. The van der Waals surface area contributed by atoms with Crippen LogP contribution in [0.4, 0.5) is 0 Å². The van der Waals surface area contributed by atoms with Crippen molar-refractivity contribution >= 4 is 0 Å². The molecule has 1 aliphatic rings. The lowest BCUT2D eigenvalue weighted by atomic mass is 9.95. The summed E-state index contributed by atoms with van der Waals surface area (Å²) in [4.78, 5) is 0. The average Bonchev–Trinajstić information content (AvgIpc) is 2.35. The van der Waals surface area contributed by atoms with Gasteiger partial charge in [-0.25, -0.2) is 0 Å². The van der Waals surface area contributed by atoms with Gasteiger partial charge in [-0.05, 0) is 25.7 Å². The molecule has 1 heterocycles. The van der Waals surface area contributed by atoms with Gasteiger partial charge in [-0.3, -0.25) is 0 Å². The van der Waals surface area contributed by atoms with E-state index in [1.165, 1.54) is 44.9 Å². The van der Waals surface area contributed by atoms with Crippen LogP contribution in [0.2, 0.25) is 0 Å². The molecule has 2 nitrogen and oxygen atoms in total. The van der Waals surface area contributed by atoms with Crippen molar-refractivity contribution in [3.63, 3.8) is 0 Å². The fourth-order valence-corrected chi connectivity index (χ4v) is 2.54. The lowest BCUT2D eigenvalue weighted by Gasteiger charge is -2.36. The maximum Gasteiger partial charge on any atom is 0.157 e. The van der Waals surface area contributed by atoms with E-state index in [0.717, 1.165) is 13.0 Å². The molecule has 0 spiro atoms. The number of hydrogen-bond donors (Lipinski definition) is 0. The zero-order chi connectivity index (χ0) is 12.5. The SMILES string of the molecule is CCCCCCC1OCC(CC)C(CCC)O1. The molecule has 0 aliphatic carbocycles. The molecule has 0 aromatic heterocycles. The number of ether oxygens (including phenoxy) is 2. The zero-order valence-electron chi connectivity index (χ0n) is 11.9. The van der Waals surface area contributed by atoms with Crippen molar-refractivity contribution in [1.29, 1.82) is 0 Å². The second kappa shape index (κ2) is 8.93. The van der Waals surface area contributed by atoms with E-state index in [-0.39, 0.29) is 6.29 Å². The van der Waals surface area contributed by atoms with E-state index in [1.807, 2.05) is 0 Å². The summed E-state index contributed by atoms with van der Waals surface area (Å²) < 4.78 is 11.9. The molecule has 1 saturated heterocycles. The van der Waals surface area contributed by atoms with E-state index in [9.17, 15) is 0 Å². The third-order valence-corrected chi connectivity index (χ3v) is 3.74. The van der Waals surface area contributed by atoms with Gasteiger partial charge in [0.1, 0.15) is 0 Å². The van der Waals surface area contributed by atoms with Gasteiger partial charge in [0.15, 0.2) is 6.29 Å². The van der Waals surface area contributed by atoms with Crippen LogP contribution in [0.25, 0.3) is 0 Å². The first-order valence-electron chi connectivity index (χ1n) is 7.58. The minimum absolute atomic E-state index is 0.0752. The summed E-state index contributed by atoms with van der Waals surface area (Å²) in [6.07, 6.45) is 10.4. The van der Waals surface area contributed by atoms with Crippen molar-refractivity contribution < 1.29 is 9.47 Å². The zero-order valence-corrected chi connectivity index (χ0v) is 11.9. The Kier molecular flexibility index (Phi) is 7.87. The van der Waals surface area contributed by atoms with Crippen molar-refractivity contribution in [1.82, 2.24) is 0 Å². The molecule has 3 unspecified atom stereocenters. The second-order valence-corrected chi connectivity index (χ2v) is 5.24. The van der Waals surface area contributed by atoms with Crippen LogP contribution in [-0.4, -0.2) is 19.0 Å². The standard InChI is InChI=1S/C15H30O2/c1-4-7-8-9-11-15-16-12-13(6-3)14(17-15)10-5-2/h13-15H,4-12H2,1-3H3. The summed E-state index contributed by atoms with van der Waals surface area (Å²) in [5.41, 5.74) is 0. The number of hydrogen-bond acceptors (Lipinski definition) is 2.